The molecule has 3 aromatic rings. The molecule has 4 nitrogen and oxygen atoms in total. The van der Waals surface area contributed by atoms with Crippen LogP contribution in [0.4, 0.5) is 0 Å². The molecule has 0 bridgehead atoms. The van der Waals surface area contributed by atoms with E-state index in [1.54, 1.807) is 0 Å². The van der Waals surface area contributed by atoms with Crippen LogP contribution in [0.2, 0.25) is 0 Å². The Hall–Kier alpha value is -2.40. The van der Waals surface area contributed by atoms with E-state index in [1.165, 1.54) is 22.5 Å². The van der Waals surface area contributed by atoms with E-state index >= 15 is 0 Å². The van der Waals surface area contributed by atoms with E-state index in [0.717, 1.165) is 10.2 Å². The van der Waals surface area contributed by atoms with Crippen LogP contribution < -0.4 is 9.54 Å². The number of carbonyl (C=O) groups is 1. The zero-order valence-electron chi connectivity index (χ0n) is 13.4. The number of ether oxygens (including phenoxy) is 1. The molecule has 1 amide bonds. The van der Waals surface area contributed by atoms with E-state index in [1.807, 2.05) is 41.9 Å². The first-order valence-electron chi connectivity index (χ1n) is 7.37. The van der Waals surface area contributed by atoms with Gasteiger partial charge in [0.1, 0.15) is 5.75 Å². The second kappa shape index (κ2) is 6.38. The van der Waals surface area contributed by atoms with E-state index in [0.29, 0.717) is 10.6 Å². The molecule has 0 aliphatic heterocycles. The summed E-state index contributed by atoms with van der Waals surface area (Å²) in [5.41, 5.74) is 3.51. The number of aromatic nitrogens is 1. The molecule has 0 aliphatic carbocycles. The Labute approximate surface area is 138 Å². The van der Waals surface area contributed by atoms with Crippen molar-refractivity contribution in [3.8, 4) is 5.75 Å². The summed E-state index contributed by atoms with van der Waals surface area (Å²) in [6.45, 7) is 4.09. The van der Waals surface area contributed by atoms with Crippen LogP contribution in [0.3, 0.4) is 0 Å². The minimum atomic E-state index is -0.287. The van der Waals surface area contributed by atoms with Gasteiger partial charge in [-0.1, -0.05) is 35.6 Å². The van der Waals surface area contributed by atoms with Gasteiger partial charge >= 0.3 is 0 Å². The van der Waals surface area contributed by atoms with Crippen LogP contribution in [0.15, 0.2) is 47.5 Å². The third kappa shape index (κ3) is 3.35. The third-order valence-electron chi connectivity index (χ3n) is 3.57. The predicted octanol–water partition coefficient (Wildman–Crippen LogP) is 3.36. The lowest BCUT2D eigenvalue weighted by molar-refractivity contribution is -0.120. The molecule has 0 radical (unpaired) electrons. The highest BCUT2D eigenvalue weighted by atomic mass is 32.1. The maximum Gasteiger partial charge on any atom is 0.286 e. The lowest BCUT2D eigenvalue weighted by atomic mass is 10.1. The van der Waals surface area contributed by atoms with Crippen LogP contribution in [-0.2, 0) is 11.8 Å². The Balaban J connectivity index is 1.87. The average molecular weight is 326 g/mol. The molecule has 0 spiro atoms. The smallest absolute Gasteiger partial charge is 0.286 e. The monoisotopic (exact) mass is 326 g/mol. The number of para-hydroxylation sites is 1. The van der Waals surface area contributed by atoms with Crippen LogP contribution in [0, 0.1) is 13.8 Å². The Morgan fingerprint density at radius 3 is 2.70 bits per heavy atom. The van der Waals surface area contributed by atoms with Gasteiger partial charge in [-0.3, -0.25) is 4.79 Å². The average Bonchev–Trinajstić information content (AvgIpc) is 2.84. The number of amides is 1. The summed E-state index contributed by atoms with van der Waals surface area (Å²) in [6, 6.07) is 13.5. The molecular formula is C18H18N2O2S. The standard InChI is InChI=1S/C18H18N2O2S/c1-12-9-13(2)17-15(10-12)20(3)18(23-17)19-16(21)11-22-14-7-5-4-6-8-14/h4-10H,11H2,1-3H3. The number of hydrogen-bond acceptors (Lipinski definition) is 3. The summed E-state index contributed by atoms with van der Waals surface area (Å²) < 4.78 is 8.57. The normalized spacial score (nSPS) is 11.9. The molecule has 23 heavy (non-hydrogen) atoms. The largest absolute Gasteiger partial charge is 0.484 e. The van der Waals surface area contributed by atoms with Crippen LogP contribution in [0.5, 0.6) is 5.75 Å². The van der Waals surface area contributed by atoms with Crippen molar-refractivity contribution in [1.29, 1.82) is 0 Å². The summed E-state index contributed by atoms with van der Waals surface area (Å²) in [6.07, 6.45) is 0. The number of hydrogen-bond donors (Lipinski definition) is 0. The van der Waals surface area contributed by atoms with Crippen LogP contribution >= 0.6 is 11.3 Å². The summed E-state index contributed by atoms with van der Waals surface area (Å²) in [4.78, 5) is 17.0. The summed E-state index contributed by atoms with van der Waals surface area (Å²) in [5.74, 6) is 0.383. The van der Waals surface area contributed by atoms with Crippen molar-refractivity contribution < 1.29 is 9.53 Å². The number of aryl methyl sites for hydroxylation is 3. The number of fused-ring (bicyclic) bond motifs is 1. The van der Waals surface area contributed by atoms with Gasteiger partial charge in [0.2, 0.25) is 0 Å². The Morgan fingerprint density at radius 2 is 1.96 bits per heavy atom. The van der Waals surface area contributed by atoms with Crippen molar-refractivity contribution in [1.82, 2.24) is 4.57 Å². The van der Waals surface area contributed by atoms with Gasteiger partial charge in [-0.05, 0) is 43.2 Å². The lowest BCUT2D eigenvalue weighted by Gasteiger charge is -2.02. The maximum atomic E-state index is 12.1. The second-order valence-corrected chi connectivity index (χ2v) is 6.46. The molecule has 0 N–H and O–H groups in total. The van der Waals surface area contributed by atoms with E-state index in [2.05, 4.69) is 31.0 Å². The first-order valence-corrected chi connectivity index (χ1v) is 8.18. The van der Waals surface area contributed by atoms with Crippen LogP contribution in [0.1, 0.15) is 11.1 Å². The molecule has 0 saturated carbocycles. The van der Waals surface area contributed by atoms with Gasteiger partial charge in [0.05, 0.1) is 10.2 Å². The van der Waals surface area contributed by atoms with Gasteiger partial charge in [-0.25, -0.2) is 0 Å². The number of nitrogens with zero attached hydrogens (tertiary/aromatic N) is 2. The van der Waals surface area contributed by atoms with E-state index < -0.39 is 0 Å². The van der Waals surface area contributed by atoms with Crippen molar-refractivity contribution in [2.24, 2.45) is 12.0 Å². The topological polar surface area (TPSA) is 43.6 Å². The molecule has 2 aromatic carbocycles. The van der Waals surface area contributed by atoms with Crippen molar-refractivity contribution in [2.75, 3.05) is 6.61 Å². The molecule has 0 saturated heterocycles. The van der Waals surface area contributed by atoms with Crippen LogP contribution in [0.25, 0.3) is 10.2 Å². The van der Waals surface area contributed by atoms with Gasteiger partial charge in [0.25, 0.3) is 5.91 Å². The van der Waals surface area contributed by atoms with Gasteiger partial charge in [-0.2, -0.15) is 4.99 Å². The fourth-order valence-corrected chi connectivity index (χ4v) is 3.56. The molecule has 0 unspecified atom stereocenters. The van der Waals surface area contributed by atoms with Crippen molar-refractivity contribution in [2.45, 2.75) is 13.8 Å². The highest BCUT2D eigenvalue weighted by Gasteiger charge is 2.08. The number of rotatable bonds is 3. The highest BCUT2D eigenvalue weighted by Crippen LogP contribution is 2.22. The van der Waals surface area contributed by atoms with Crippen molar-refractivity contribution >= 4 is 27.5 Å². The number of carbonyl (C=O) groups excluding carboxylic acids is 1. The molecule has 1 aromatic heterocycles. The second-order valence-electron chi connectivity index (χ2n) is 5.48. The quantitative estimate of drug-likeness (QED) is 0.741. The summed E-state index contributed by atoms with van der Waals surface area (Å²) in [7, 11) is 1.93. The van der Waals surface area contributed by atoms with E-state index in [9.17, 15) is 4.79 Å². The van der Waals surface area contributed by atoms with E-state index in [-0.39, 0.29) is 12.5 Å². The molecule has 3 rings (SSSR count). The summed E-state index contributed by atoms with van der Waals surface area (Å²) in [5, 5.41) is 0. The third-order valence-corrected chi connectivity index (χ3v) is 4.85. The molecule has 118 valence electrons. The molecule has 5 heteroatoms. The Morgan fingerprint density at radius 1 is 1.22 bits per heavy atom. The first-order chi connectivity index (χ1) is 11.0. The fourth-order valence-electron chi connectivity index (χ4n) is 2.48. The van der Waals surface area contributed by atoms with E-state index in [4.69, 9.17) is 4.74 Å². The minimum Gasteiger partial charge on any atom is -0.484 e. The predicted molar refractivity (Wildman–Crippen MR) is 92.8 cm³/mol. The molecular weight excluding hydrogens is 308 g/mol. The SMILES string of the molecule is Cc1cc(C)c2sc(=NC(=O)COc3ccccc3)n(C)c2c1. The van der Waals surface area contributed by atoms with Crippen LogP contribution in [-0.4, -0.2) is 17.1 Å². The minimum absolute atomic E-state index is 0.0593. The van der Waals surface area contributed by atoms with Gasteiger partial charge in [-0.15, -0.1) is 0 Å². The first kappa shape index (κ1) is 15.5. The van der Waals surface area contributed by atoms with Crippen molar-refractivity contribution in [3.05, 3.63) is 58.4 Å². The fraction of sp³-hybridized carbons (Fsp3) is 0.222. The van der Waals surface area contributed by atoms with Gasteiger partial charge in [0.15, 0.2) is 11.4 Å². The molecule has 0 atom stereocenters. The van der Waals surface area contributed by atoms with Gasteiger partial charge < -0.3 is 9.30 Å². The van der Waals surface area contributed by atoms with Crippen molar-refractivity contribution in [3.63, 3.8) is 0 Å². The summed E-state index contributed by atoms with van der Waals surface area (Å²) >= 11 is 1.53. The zero-order chi connectivity index (χ0) is 16.4. The lowest BCUT2D eigenvalue weighted by Crippen LogP contribution is -2.17. The Bertz CT molecular complexity index is 923. The molecule has 0 aliphatic rings. The maximum absolute atomic E-state index is 12.1. The number of thiazole rings is 1. The van der Waals surface area contributed by atoms with Gasteiger partial charge in [0, 0.05) is 7.05 Å². The molecule has 1 heterocycles. The molecule has 0 fully saturated rings. The number of benzene rings is 2. The highest BCUT2D eigenvalue weighted by molar-refractivity contribution is 7.16. The Kier molecular flexibility index (Phi) is 4.30. The zero-order valence-corrected chi connectivity index (χ0v) is 14.2.